The highest BCUT2D eigenvalue weighted by Gasteiger charge is 2.05. The molecule has 5 nitrogen and oxygen atoms in total. The molecule has 0 aliphatic heterocycles. The minimum absolute atomic E-state index is 0.431. The molecular formula is C12H18Cl2N4O. The molecule has 0 aliphatic carbocycles. The van der Waals surface area contributed by atoms with E-state index in [-0.39, 0.29) is 0 Å². The molecule has 1 rings (SSSR count). The number of hydrazine groups is 1. The van der Waals surface area contributed by atoms with Crippen LogP contribution < -0.4 is 16.6 Å². The number of ether oxygens (including phenoxy) is 1. The number of anilines is 1. The zero-order chi connectivity index (χ0) is 14.1. The lowest BCUT2D eigenvalue weighted by Gasteiger charge is -2.11. The maximum atomic E-state index is 6.06. The second kappa shape index (κ2) is 8.98. The maximum Gasteiger partial charge on any atom is 0.210 e. The fourth-order valence-electron chi connectivity index (χ4n) is 1.35. The van der Waals surface area contributed by atoms with E-state index in [0.717, 1.165) is 6.42 Å². The summed E-state index contributed by atoms with van der Waals surface area (Å²) in [5.74, 6) is 5.83. The van der Waals surface area contributed by atoms with Gasteiger partial charge in [0.15, 0.2) is 0 Å². The molecule has 1 aromatic carbocycles. The number of benzene rings is 1. The summed E-state index contributed by atoms with van der Waals surface area (Å²) in [6.45, 7) is 3.95. The fourth-order valence-corrected chi connectivity index (χ4v) is 1.70. The molecule has 0 saturated heterocycles. The molecule has 0 saturated carbocycles. The van der Waals surface area contributed by atoms with Gasteiger partial charge in [-0.15, -0.1) is 0 Å². The van der Waals surface area contributed by atoms with E-state index in [1.807, 2.05) is 6.92 Å². The van der Waals surface area contributed by atoms with Crippen molar-refractivity contribution in [1.29, 1.82) is 0 Å². The van der Waals surface area contributed by atoms with Crippen molar-refractivity contribution in [2.24, 2.45) is 10.8 Å². The highest BCUT2D eigenvalue weighted by atomic mass is 35.5. The second-order valence-electron chi connectivity index (χ2n) is 3.65. The van der Waals surface area contributed by atoms with Gasteiger partial charge in [-0.3, -0.25) is 10.4 Å². The van der Waals surface area contributed by atoms with E-state index >= 15 is 0 Å². The van der Waals surface area contributed by atoms with Gasteiger partial charge in [0.2, 0.25) is 5.96 Å². The first kappa shape index (κ1) is 16.0. The van der Waals surface area contributed by atoms with Gasteiger partial charge < -0.3 is 10.1 Å². The van der Waals surface area contributed by atoms with E-state index in [1.165, 1.54) is 0 Å². The van der Waals surface area contributed by atoms with Crippen LogP contribution in [-0.2, 0) is 4.74 Å². The predicted octanol–water partition coefficient (Wildman–Crippen LogP) is 2.65. The smallest absolute Gasteiger partial charge is 0.210 e. The van der Waals surface area contributed by atoms with Crippen molar-refractivity contribution >= 4 is 34.8 Å². The topological polar surface area (TPSA) is 71.7 Å². The molecule has 7 heteroatoms. The van der Waals surface area contributed by atoms with Gasteiger partial charge in [0.05, 0.1) is 15.7 Å². The molecule has 0 fully saturated rings. The lowest BCUT2D eigenvalue weighted by atomic mass is 10.3. The molecule has 0 heterocycles. The van der Waals surface area contributed by atoms with Gasteiger partial charge in [-0.05, 0) is 25.5 Å². The number of rotatable bonds is 6. The van der Waals surface area contributed by atoms with Crippen LogP contribution in [-0.4, -0.2) is 25.7 Å². The molecule has 0 aliphatic rings. The van der Waals surface area contributed by atoms with Crippen molar-refractivity contribution in [3.8, 4) is 0 Å². The Bertz CT molecular complexity index is 426. The number of halogens is 2. The summed E-state index contributed by atoms with van der Waals surface area (Å²) in [6, 6.07) is 5.30. The van der Waals surface area contributed by atoms with Gasteiger partial charge in [0, 0.05) is 19.8 Å². The number of hydrogen-bond acceptors (Lipinski definition) is 3. The minimum Gasteiger partial charge on any atom is -0.382 e. The van der Waals surface area contributed by atoms with E-state index in [1.54, 1.807) is 18.2 Å². The highest BCUT2D eigenvalue weighted by Crippen LogP contribution is 2.29. The third kappa shape index (κ3) is 5.65. The Morgan fingerprint density at radius 1 is 1.42 bits per heavy atom. The van der Waals surface area contributed by atoms with Crippen LogP contribution >= 0.6 is 23.2 Å². The van der Waals surface area contributed by atoms with Crippen LogP contribution in [0.3, 0.4) is 0 Å². The Balaban J connectivity index is 2.56. The van der Waals surface area contributed by atoms with Gasteiger partial charge in [0.25, 0.3) is 0 Å². The van der Waals surface area contributed by atoms with Crippen LogP contribution in [0.2, 0.25) is 10.0 Å². The lowest BCUT2D eigenvalue weighted by molar-refractivity contribution is 0.146. The molecule has 0 unspecified atom stereocenters. The minimum atomic E-state index is 0.431. The summed E-state index contributed by atoms with van der Waals surface area (Å²) < 4.78 is 5.22. The third-order valence-electron chi connectivity index (χ3n) is 2.26. The zero-order valence-corrected chi connectivity index (χ0v) is 12.3. The molecule has 0 aromatic heterocycles. The average molecular weight is 305 g/mol. The van der Waals surface area contributed by atoms with Gasteiger partial charge in [-0.2, -0.15) is 0 Å². The summed E-state index contributed by atoms with van der Waals surface area (Å²) in [6.07, 6.45) is 0.823. The summed E-state index contributed by atoms with van der Waals surface area (Å²) >= 11 is 12.0. The number of hydrogen-bond donors (Lipinski definition) is 3. The van der Waals surface area contributed by atoms with Crippen LogP contribution in [0.5, 0.6) is 0 Å². The Kier molecular flexibility index (Phi) is 7.59. The van der Waals surface area contributed by atoms with Crippen molar-refractivity contribution in [2.75, 3.05) is 25.1 Å². The van der Waals surface area contributed by atoms with Crippen LogP contribution in [0.15, 0.2) is 23.2 Å². The summed E-state index contributed by atoms with van der Waals surface area (Å²) in [5.41, 5.74) is 3.13. The highest BCUT2D eigenvalue weighted by molar-refractivity contribution is 6.44. The van der Waals surface area contributed by atoms with Crippen molar-refractivity contribution in [3.05, 3.63) is 28.2 Å². The van der Waals surface area contributed by atoms with Crippen LogP contribution in [0, 0.1) is 0 Å². The Labute approximate surface area is 123 Å². The van der Waals surface area contributed by atoms with E-state index in [0.29, 0.717) is 41.5 Å². The molecule has 4 N–H and O–H groups in total. The van der Waals surface area contributed by atoms with E-state index < -0.39 is 0 Å². The Morgan fingerprint density at radius 3 is 2.89 bits per heavy atom. The first-order valence-electron chi connectivity index (χ1n) is 5.98. The monoisotopic (exact) mass is 304 g/mol. The van der Waals surface area contributed by atoms with Gasteiger partial charge >= 0.3 is 0 Å². The molecule has 19 heavy (non-hydrogen) atoms. The Hall–Kier alpha value is -1.01. The molecule has 0 radical (unpaired) electrons. The van der Waals surface area contributed by atoms with Crippen molar-refractivity contribution in [1.82, 2.24) is 5.43 Å². The normalized spacial score (nSPS) is 11.5. The van der Waals surface area contributed by atoms with Gasteiger partial charge in [-0.25, -0.2) is 5.84 Å². The van der Waals surface area contributed by atoms with Crippen molar-refractivity contribution < 1.29 is 4.74 Å². The predicted molar refractivity (Wildman–Crippen MR) is 80.8 cm³/mol. The molecule has 0 bridgehead atoms. The molecule has 1 aromatic rings. The number of aliphatic imine (C=N–C) groups is 1. The number of nitrogens with zero attached hydrogens (tertiary/aromatic N) is 1. The third-order valence-corrected chi connectivity index (χ3v) is 3.08. The number of nitrogens with two attached hydrogens (primary N) is 1. The summed E-state index contributed by atoms with van der Waals surface area (Å²) in [5, 5.41) is 3.89. The summed E-state index contributed by atoms with van der Waals surface area (Å²) in [7, 11) is 0. The standard InChI is InChI=1S/C12H18Cl2N4O/c1-2-19-8-4-7-16-12(18-15)17-10-6-3-5-9(13)11(10)14/h3,5-6H,2,4,7-8,15H2,1H3,(H2,16,17,18). The first-order chi connectivity index (χ1) is 9.19. The number of guanidine groups is 1. The van der Waals surface area contributed by atoms with E-state index in [2.05, 4.69) is 15.7 Å². The second-order valence-corrected chi connectivity index (χ2v) is 4.44. The SMILES string of the molecule is CCOCCCN=C(NN)Nc1cccc(Cl)c1Cl. The number of nitrogens with one attached hydrogen (secondary N) is 2. The quantitative estimate of drug-likeness (QED) is 0.248. The molecular weight excluding hydrogens is 287 g/mol. The first-order valence-corrected chi connectivity index (χ1v) is 6.74. The maximum absolute atomic E-state index is 6.06. The largest absolute Gasteiger partial charge is 0.382 e. The Morgan fingerprint density at radius 2 is 2.21 bits per heavy atom. The van der Waals surface area contributed by atoms with Gasteiger partial charge in [0.1, 0.15) is 0 Å². The van der Waals surface area contributed by atoms with Crippen LogP contribution in [0.1, 0.15) is 13.3 Å². The molecule has 0 atom stereocenters. The average Bonchev–Trinajstić information content (AvgIpc) is 2.42. The fraction of sp³-hybridized carbons (Fsp3) is 0.417. The van der Waals surface area contributed by atoms with Crippen LogP contribution in [0.4, 0.5) is 5.69 Å². The molecule has 0 spiro atoms. The zero-order valence-electron chi connectivity index (χ0n) is 10.7. The van der Waals surface area contributed by atoms with Crippen LogP contribution in [0.25, 0.3) is 0 Å². The van der Waals surface area contributed by atoms with Crippen molar-refractivity contribution in [3.63, 3.8) is 0 Å². The summed E-state index contributed by atoms with van der Waals surface area (Å²) in [4.78, 5) is 4.27. The van der Waals surface area contributed by atoms with E-state index in [4.69, 9.17) is 33.8 Å². The lowest BCUT2D eigenvalue weighted by Crippen LogP contribution is -2.36. The van der Waals surface area contributed by atoms with E-state index in [9.17, 15) is 0 Å². The van der Waals surface area contributed by atoms with Gasteiger partial charge in [-0.1, -0.05) is 29.3 Å². The molecule has 0 amide bonds. The van der Waals surface area contributed by atoms with Crippen molar-refractivity contribution in [2.45, 2.75) is 13.3 Å². The molecule has 106 valence electrons.